The average molecular weight is 325 g/mol. The Bertz CT molecular complexity index is 684. The second kappa shape index (κ2) is 7.63. The fourth-order valence-electron chi connectivity index (χ4n) is 2.66. The molecule has 2 rings (SSSR count). The first-order valence-electron chi connectivity index (χ1n) is 8.29. The molecule has 0 aliphatic heterocycles. The molecule has 2 aromatic carbocycles. The molecule has 0 radical (unpaired) electrons. The molecule has 0 saturated carbocycles. The van der Waals surface area contributed by atoms with Crippen LogP contribution in [0.2, 0.25) is 0 Å². The first kappa shape index (κ1) is 18.2. The van der Waals surface area contributed by atoms with Gasteiger partial charge in [-0.1, -0.05) is 57.2 Å². The zero-order chi connectivity index (χ0) is 17.7. The van der Waals surface area contributed by atoms with Crippen molar-refractivity contribution in [3.8, 4) is 5.75 Å². The molecule has 0 aliphatic carbocycles. The number of carbonyl (C=O) groups is 1. The van der Waals surface area contributed by atoms with Gasteiger partial charge in [-0.25, -0.2) is 0 Å². The number of benzene rings is 2. The average Bonchev–Trinajstić information content (AvgIpc) is 2.46. The third-order valence-electron chi connectivity index (χ3n) is 3.88. The monoisotopic (exact) mass is 325 g/mol. The summed E-state index contributed by atoms with van der Waals surface area (Å²) in [6.07, 6.45) is 0. The molecule has 0 amide bonds. The van der Waals surface area contributed by atoms with Gasteiger partial charge in [-0.15, -0.1) is 0 Å². The van der Waals surface area contributed by atoms with E-state index < -0.39 is 0 Å². The van der Waals surface area contributed by atoms with E-state index >= 15 is 0 Å². The van der Waals surface area contributed by atoms with Gasteiger partial charge >= 0.3 is 5.97 Å². The zero-order valence-corrected chi connectivity index (χ0v) is 15.3. The van der Waals surface area contributed by atoms with Crippen LogP contribution in [0.15, 0.2) is 48.5 Å². The van der Waals surface area contributed by atoms with Crippen molar-refractivity contribution in [2.24, 2.45) is 0 Å². The Balaban J connectivity index is 1.98. The number of hydrogen-bond acceptors (Lipinski definition) is 3. The number of nitrogens with zero attached hydrogens (tertiary/aromatic N) is 1. The van der Waals surface area contributed by atoms with Crippen molar-refractivity contribution in [2.45, 2.75) is 46.2 Å². The van der Waals surface area contributed by atoms with Gasteiger partial charge in [0.25, 0.3) is 0 Å². The van der Waals surface area contributed by atoms with Gasteiger partial charge in [-0.2, -0.15) is 0 Å². The molecule has 0 fully saturated rings. The van der Waals surface area contributed by atoms with Crippen LogP contribution in [0.5, 0.6) is 5.75 Å². The van der Waals surface area contributed by atoms with Gasteiger partial charge in [0.15, 0.2) is 0 Å². The maximum atomic E-state index is 11.1. The van der Waals surface area contributed by atoms with Crippen molar-refractivity contribution < 1.29 is 9.53 Å². The highest BCUT2D eigenvalue weighted by Gasteiger charge is 2.13. The number of ether oxygens (including phenoxy) is 1. The van der Waals surface area contributed by atoms with E-state index in [9.17, 15) is 4.79 Å². The third-order valence-corrected chi connectivity index (χ3v) is 3.88. The molecule has 0 unspecified atom stereocenters. The molecule has 3 nitrogen and oxygen atoms in total. The van der Waals surface area contributed by atoms with E-state index in [2.05, 4.69) is 57.0 Å². The Morgan fingerprint density at radius 3 is 2.21 bits per heavy atom. The minimum absolute atomic E-state index is 0.182. The second-order valence-corrected chi connectivity index (χ2v) is 7.36. The predicted octanol–water partition coefficient (Wildman–Crippen LogP) is 4.54. The first-order chi connectivity index (χ1) is 11.2. The van der Waals surface area contributed by atoms with Crippen LogP contribution >= 0.6 is 0 Å². The highest BCUT2D eigenvalue weighted by Crippen LogP contribution is 2.22. The van der Waals surface area contributed by atoms with E-state index in [1.807, 2.05) is 18.2 Å². The summed E-state index contributed by atoms with van der Waals surface area (Å²) in [5.41, 5.74) is 3.95. The summed E-state index contributed by atoms with van der Waals surface area (Å²) < 4.78 is 5.14. The van der Waals surface area contributed by atoms with E-state index in [0.29, 0.717) is 5.75 Å². The highest BCUT2D eigenvalue weighted by molar-refractivity contribution is 5.69. The van der Waals surface area contributed by atoms with Gasteiger partial charge in [-0.3, -0.25) is 9.69 Å². The molecule has 0 bridgehead atoms. The lowest BCUT2D eigenvalue weighted by atomic mass is 9.87. The predicted molar refractivity (Wildman–Crippen MR) is 98.1 cm³/mol. The van der Waals surface area contributed by atoms with Crippen LogP contribution in [0.4, 0.5) is 0 Å². The van der Waals surface area contributed by atoms with E-state index in [4.69, 9.17) is 4.74 Å². The summed E-state index contributed by atoms with van der Waals surface area (Å²) in [4.78, 5) is 13.3. The second-order valence-electron chi connectivity index (χ2n) is 7.36. The zero-order valence-electron chi connectivity index (χ0n) is 15.3. The van der Waals surface area contributed by atoms with E-state index in [1.165, 1.54) is 18.1 Å². The van der Waals surface area contributed by atoms with Crippen LogP contribution in [-0.4, -0.2) is 17.9 Å². The van der Waals surface area contributed by atoms with Gasteiger partial charge in [0.2, 0.25) is 0 Å². The molecule has 0 saturated heterocycles. The first-order valence-corrected chi connectivity index (χ1v) is 8.29. The molecule has 0 atom stereocenters. The fraction of sp³-hybridized carbons (Fsp3) is 0.381. The van der Waals surface area contributed by atoms with Crippen LogP contribution < -0.4 is 4.74 Å². The van der Waals surface area contributed by atoms with Crippen LogP contribution in [0, 0.1) is 0 Å². The SMILES string of the molecule is CC(=O)Oc1cccc(CN(C)Cc2ccc(C(C)(C)C)cc2)c1. The summed E-state index contributed by atoms with van der Waals surface area (Å²) in [7, 11) is 2.09. The molecule has 0 aromatic heterocycles. The van der Waals surface area contributed by atoms with Crippen LogP contribution in [0.25, 0.3) is 0 Å². The molecule has 3 heteroatoms. The van der Waals surface area contributed by atoms with Crippen molar-refractivity contribution in [3.63, 3.8) is 0 Å². The highest BCUT2D eigenvalue weighted by atomic mass is 16.5. The van der Waals surface area contributed by atoms with Gasteiger partial charge in [0, 0.05) is 20.0 Å². The van der Waals surface area contributed by atoms with E-state index in [0.717, 1.165) is 18.7 Å². The maximum absolute atomic E-state index is 11.1. The van der Waals surface area contributed by atoms with Gasteiger partial charge in [-0.05, 0) is 41.3 Å². The van der Waals surface area contributed by atoms with Gasteiger partial charge < -0.3 is 4.74 Å². The molecule has 0 N–H and O–H groups in total. The Hall–Kier alpha value is -2.13. The largest absolute Gasteiger partial charge is 0.427 e. The molecule has 0 heterocycles. The van der Waals surface area contributed by atoms with Gasteiger partial charge in [0.1, 0.15) is 5.75 Å². The Morgan fingerprint density at radius 2 is 1.62 bits per heavy atom. The van der Waals surface area contributed by atoms with Crippen molar-refractivity contribution >= 4 is 5.97 Å². The summed E-state index contributed by atoms with van der Waals surface area (Å²) in [5, 5.41) is 0. The summed E-state index contributed by atoms with van der Waals surface area (Å²) in [6, 6.07) is 16.5. The Morgan fingerprint density at radius 1 is 1.00 bits per heavy atom. The molecular weight excluding hydrogens is 298 g/mol. The van der Waals surface area contributed by atoms with E-state index in [-0.39, 0.29) is 11.4 Å². The number of esters is 1. The topological polar surface area (TPSA) is 29.5 Å². The normalized spacial score (nSPS) is 11.6. The molecule has 0 aliphatic rings. The Kier molecular flexibility index (Phi) is 5.79. The minimum atomic E-state index is -0.292. The molecule has 128 valence electrons. The lowest BCUT2D eigenvalue weighted by molar-refractivity contribution is -0.131. The third kappa shape index (κ3) is 5.50. The standard InChI is InChI=1S/C21H27NO2/c1-16(23)24-20-8-6-7-18(13-20)15-22(5)14-17-9-11-19(12-10-17)21(2,3)4/h6-13H,14-15H2,1-5H3. The summed E-state index contributed by atoms with van der Waals surface area (Å²) in [5.74, 6) is 0.308. The quantitative estimate of drug-likeness (QED) is 0.597. The lowest BCUT2D eigenvalue weighted by Crippen LogP contribution is -2.17. The van der Waals surface area contributed by atoms with Crippen LogP contribution in [-0.2, 0) is 23.3 Å². The van der Waals surface area contributed by atoms with Crippen molar-refractivity contribution in [3.05, 3.63) is 65.2 Å². The smallest absolute Gasteiger partial charge is 0.308 e. The molecule has 0 spiro atoms. The van der Waals surface area contributed by atoms with Crippen LogP contribution in [0.1, 0.15) is 44.4 Å². The lowest BCUT2D eigenvalue weighted by Gasteiger charge is -2.21. The number of rotatable bonds is 5. The Labute approximate surface area is 145 Å². The van der Waals surface area contributed by atoms with Crippen LogP contribution in [0.3, 0.4) is 0 Å². The fourth-order valence-corrected chi connectivity index (χ4v) is 2.66. The number of carbonyl (C=O) groups excluding carboxylic acids is 1. The summed E-state index contributed by atoms with van der Waals surface area (Å²) >= 11 is 0. The number of hydrogen-bond donors (Lipinski definition) is 0. The summed E-state index contributed by atoms with van der Waals surface area (Å²) in [6.45, 7) is 9.77. The molecular formula is C21H27NO2. The molecule has 24 heavy (non-hydrogen) atoms. The van der Waals surface area contributed by atoms with Crippen molar-refractivity contribution in [1.82, 2.24) is 4.90 Å². The molecule has 2 aromatic rings. The minimum Gasteiger partial charge on any atom is -0.427 e. The maximum Gasteiger partial charge on any atom is 0.308 e. The van der Waals surface area contributed by atoms with E-state index in [1.54, 1.807) is 6.07 Å². The van der Waals surface area contributed by atoms with Crippen molar-refractivity contribution in [1.29, 1.82) is 0 Å². The van der Waals surface area contributed by atoms with Crippen molar-refractivity contribution in [2.75, 3.05) is 7.05 Å². The van der Waals surface area contributed by atoms with Gasteiger partial charge in [0.05, 0.1) is 0 Å².